The second-order valence-electron chi connectivity index (χ2n) is 7.97. The van der Waals surface area contributed by atoms with Gasteiger partial charge < -0.3 is 9.64 Å². The van der Waals surface area contributed by atoms with Gasteiger partial charge >= 0.3 is 0 Å². The van der Waals surface area contributed by atoms with Crippen molar-refractivity contribution in [1.29, 1.82) is 0 Å². The van der Waals surface area contributed by atoms with Crippen LogP contribution in [0.4, 0.5) is 4.39 Å². The van der Waals surface area contributed by atoms with Crippen molar-refractivity contribution in [3.05, 3.63) is 86.9 Å². The van der Waals surface area contributed by atoms with Crippen molar-refractivity contribution in [1.82, 2.24) is 9.80 Å². The van der Waals surface area contributed by atoms with E-state index in [1.54, 1.807) is 6.07 Å². The van der Waals surface area contributed by atoms with Crippen LogP contribution in [0.25, 0.3) is 0 Å². The molecule has 1 aromatic heterocycles. The SMILES string of the molecule is Cc1cccc(OCc2csc(C(=O)N3CCN(Cc4ccccc4F)CC3)c2)c1C. The van der Waals surface area contributed by atoms with E-state index in [2.05, 4.69) is 24.8 Å². The summed E-state index contributed by atoms with van der Waals surface area (Å²) in [4.78, 5) is 17.7. The Kier molecular flexibility index (Phi) is 6.68. The van der Waals surface area contributed by atoms with Gasteiger partial charge in [-0.2, -0.15) is 0 Å². The van der Waals surface area contributed by atoms with Crippen molar-refractivity contribution < 1.29 is 13.9 Å². The van der Waals surface area contributed by atoms with E-state index >= 15 is 0 Å². The number of aryl methyl sites for hydroxylation is 1. The molecule has 0 atom stereocenters. The number of benzene rings is 2. The molecule has 2 aromatic carbocycles. The maximum atomic E-state index is 13.9. The second kappa shape index (κ2) is 9.62. The molecule has 1 aliphatic rings. The largest absolute Gasteiger partial charge is 0.489 e. The van der Waals surface area contributed by atoms with E-state index in [1.165, 1.54) is 23.0 Å². The molecule has 162 valence electrons. The summed E-state index contributed by atoms with van der Waals surface area (Å²) in [5.74, 6) is 0.772. The molecule has 2 heterocycles. The highest BCUT2D eigenvalue weighted by Gasteiger charge is 2.23. The summed E-state index contributed by atoms with van der Waals surface area (Å²) in [5.41, 5.74) is 4.05. The lowest BCUT2D eigenvalue weighted by molar-refractivity contribution is 0.0631. The molecule has 0 bridgehead atoms. The van der Waals surface area contributed by atoms with Crippen molar-refractivity contribution >= 4 is 17.2 Å². The van der Waals surface area contributed by atoms with Gasteiger partial charge in [0.1, 0.15) is 18.2 Å². The van der Waals surface area contributed by atoms with Crippen molar-refractivity contribution in [3.8, 4) is 5.75 Å². The Morgan fingerprint density at radius 2 is 1.84 bits per heavy atom. The van der Waals surface area contributed by atoms with E-state index in [9.17, 15) is 9.18 Å². The highest BCUT2D eigenvalue weighted by molar-refractivity contribution is 7.12. The number of carbonyl (C=O) groups excluding carboxylic acids is 1. The van der Waals surface area contributed by atoms with E-state index in [0.29, 0.717) is 31.8 Å². The van der Waals surface area contributed by atoms with Crippen molar-refractivity contribution in [3.63, 3.8) is 0 Å². The van der Waals surface area contributed by atoms with Crippen LogP contribution in [0.5, 0.6) is 5.75 Å². The number of thiophene rings is 1. The number of hydrogen-bond donors (Lipinski definition) is 0. The molecule has 0 unspecified atom stereocenters. The van der Waals surface area contributed by atoms with Gasteiger partial charge in [0.25, 0.3) is 5.91 Å². The Morgan fingerprint density at radius 3 is 2.61 bits per heavy atom. The van der Waals surface area contributed by atoms with Crippen molar-refractivity contribution in [2.24, 2.45) is 0 Å². The molecular weight excluding hydrogens is 411 g/mol. The minimum Gasteiger partial charge on any atom is -0.489 e. The molecule has 0 saturated carbocycles. The molecular formula is C25H27FN2O2S. The molecule has 4 nitrogen and oxygen atoms in total. The minimum absolute atomic E-state index is 0.0635. The number of piperazine rings is 1. The van der Waals surface area contributed by atoms with Gasteiger partial charge in [0.2, 0.25) is 0 Å². The zero-order valence-electron chi connectivity index (χ0n) is 17.9. The molecule has 1 amide bonds. The van der Waals surface area contributed by atoms with Gasteiger partial charge in [0.05, 0.1) is 4.88 Å². The molecule has 0 N–H and O–H groups in total. The summed E-state index contributed by atoms with van der Waals surface area (Å²) in [5, 5.41) is 1.99. The third kappa shape index (κ3) is 5.14. The van der Waals surface area contributed by atoms with E-state index in [4.69, 9.17) is 4.74 Å². The third-order valence-electron chi connectivity index (χ3n) is 5.83. The van der Waals surface area contributed by atoms with E-state index < -0.39 is 0 Å². The third-order valence-corrected chi connectivity index (χ3v) is 6.79. The topological polar surface area (TPSA) is 32.8 Å². The van der Waals surface area contributed by atoms with Crippen LogP contribution in [0, 0.1) is 19.7 Å². The Bertz CT molecular complexity index is 1060. The average Bonchev–Trinajstić information content (AvgIpc) is 3.25. The first kappa shape index (κ1) is 21.5. The fourth-order valence-electron chi connectivity index (χ4n) is 3.74. The van der Waals surface area contributed by atoms with Crippen molar-refractivity contribution in [2.75, 3.05) is 26.2 Å². The lowest BCUT2D eigenvalue weighted by Gasteiger charge is -2.34. The molecule has 1 saturated heterocycles. The maximum absolute atomic E-state index is 13.9. The van der Waals surface area contributed by atoms with Crippen LogP contribution in [0.15, 0.2) is 53.9 Å². The first-order valence-electron chi connectivity index (χ1n) is 10.5. The zero-order chi connectivity index (χ0) is 21.8. The summed E-state index contributed by atoms with van der Waals surface area (Å²) in [7, 11) is 0. The van der Waals surface area contributed by atoms with Gasteiger partial charge in [-0.3, -0.25) is 9.69 Å². The fourth-order valence-corrected chi connectivity index (χ4v) is 4.60. The lowest BCUT2D eigenvalue weighted by Crippen LogP contribution is -2.48. The van der Waals surface area contributed by atoms with Gasteiger partial charge in [-0.05, 0) is 48.6 Å². The van der Waals surface area contributed by atoms with Crippen LogP contribution in [-0.4, -0.2) is 41.9 Å². The molecule has 6 heteroatoms. The number of hydrogen-bond acceptors (Lipinski definition) is 4. The Morgan fingerprint density at radius 1 is 1.06 bits per heavy atom. The summed E-state index contributed by atoms with van der Waals surface area (Å²) in [6.45, 7) is 7.94. The Hall–Kier alpha value is -2.70. The quantitative estimate of drug-likeness (QED) is 0.541. The fraction of sp³-hybridized carbons (Fsp3) is 0.320. The number of rotatable bonds is 6. The lowest BCUT2D eigenvalue weighted by atomic mass is 10.1. The smallest absolute Gasteiger partial charge is 0.264 e. The van der Waals surface area contributed by atoms with E-state index in [1.807, 2.05) is 40.6 Å². The van der Waals surface area contributed by atoms with Crippen LogP contribution in [0.3, 0.4) is 0 Å². The monoisotopic (exact) mass is 438 g/mol. The highest BCUT2D eigenvalue weighted by Crippen LogP contribution is 2.24. The molecule has 3 aromatic rings. The Labute approximate surface area is 186 Å². The number of carbonyl (C=O) groups is 1. The first-order valence-corrected chi connectivity index (χ1v) is 11.4. The average molecular weight is 439 g/mol. The molecule has 1 aliphatic heterocycles. The molecule has 1 fully saturated rings. The predicted octanol–water partition coefficient (Wildman–Crippen LogP) is 5.04. The Balaban J connectivity index is 1.30. The zero-order valence-corrected chi connectivity index (χ0v) is 18.8. The van der Waals surface area contributed by atoms with Crippen LogP contribution >= 0.6 is 11.3 Å². The van der Waals surface area contributed by atoms with E-state index in [0.717, 1.165) is 34.8 Å². The molecule has 31 heavy (non-hydrogen) atoms. The minimum atomic E-state index is -0.171. The predicted molar refractivity (Wildman–Crippen MR) is 122 cm³/mol. The summed E-state index contributed by atoms with van der Waals surface area (Å²) >= 11 is 1.46. The molecule has 0 aliphatic carbocycles. The van der Waals surface area contributed by atoms with Gasteiger partial charge in [0, 0.05) is 43.9 Å². The van der Waals surface area contributed by atoms with Crippen LogP contribution in [0.1, 0.15) is 31.9 Å². The van der Waals surface area contributed by atoms with Gasteiger partial charge in [-0.25, -0.2) is 4.39 Å². The number of nitrogens with zero attached hydrogens (tertiary/aromatic N) is 2. The molecule has 4 rings (SSSR count). The number of amides is 1. The van der Waals surface area contributed by atoms with E-state index in [-0.39, 0.29) is 11.7 Å². The number of ether oxygens (including phenoxy) is 1. The van der Waals surface area contributed by atoms with Gasteiger partial charge in [-0.1, -0.05) is 30.3 Å². The summed E-state index contributed by atoms with van der Waals surface area (Å²) in [6.07, 6.45) is 0. The normalized spacial score (nSPS) is 14.6. The maximum Gasteiger partial charge on any atom is 0.264 e. The van der Waals surface area contributed by atoms with Crippen LogP contribution in [0.2, 0.25) is 0 Å². The molecule has 0 spiro atoms. The second-order valence-corrected chi connectivity index (χ2v) is 8.88. The van der Waals surface area contributed by atoms with Crippen LogP contribution in [-0.2, 0) is 13.2 Å². The van der Waals surface area contributed by atoms with Gasteiger partial charge in [0.15, 0.2) is 0 Å². The summed E-state index contributed by atoms with van der Waals surface area (Å²) < 4.78 is 19.9. The summed E-state index contributed by atoms with van der Waals surface area (Å²) in [6, 6.07) is 14.8. The van der Waals surface area contributed by atoms with Crippen LogP contribution < -0.4 is 4.74 Å². The standard InChI is InChI=1S/C25H27FN2O2S/c1-18-6-5-9-23(19(18)2)30-16-20-14-24(31-17-20)25(29)28-12-10-27(11-13-28)15-21-7-3-4-8-22(21)26/h3-9,14,17H,10-13,15-16H2,1-2H3. The highest BCUT2D eigenvalue weighted by atomic mass is 32.1. The van der Waals surface area contributed by atoms with Crippen molar-refractivity contribution in [2.45, 2.75) is 27.0 Å². The number of halogens is 1. The molecule has 0 radical (unpaired) electrons. The first-order chi connectivity index (χ1) is 15.0. The van der Waals surface area contributed by atoms with Gasteiger partial charge in [-0.15, -0.1) is 11.3 Å².